The second-order valence-electron chi connectivity index (χ2n) is 4.99. The van der Waals surface area contributed by atoms with Crippen molar-refractivity contribution in [3.63, 3.8) is 0 Å². The Kier molecular flexibility index (Phi) is 4.88. The average molecular weight is 299 g/mol. The summed E-state index contributed by atoms with van der Waals surface area (Å²) in [6.07, 6.45) is 1.58. The van der Waals surface area contributed by atoms with Crippen molar-refractivity contribution in [1.82, 2.24) is 0 Å². The van der Waals surface area contributed by atoms with E-state index in [9.17, 15) is 8.42 Å². The summed E-state index contributed by atoms with van der Waals surface area (Å²) < 4.78 is 35.3. The third-order valence-electron chi connectivity index (χ3n) is 3.22. The molecule has 6 heteroatoms. The van der Waals surface area contributed by atoms with E-state index in [-0.39, 0.29) is 17.6 Å². The Hall–Kier alpha value is -1.27. The van der Waals surface area contributed by atoms with E-state index in [0.29, 0.717) is 30.2 Å². The van der Waals surface area contributed by atoms with Crippen LogP contribution >= 0.6 is 0 Å². The fraction of sp³-hybridized carbons (Fsp3) is 0.571. The summed E-state index contributed by atoms with van der Waals surface area (Å²) in [5.41, 5.74) is 6.88. The van der Waals surface area contributed by atoms with Crippen molar-refractivity contribution in [2.45, 2.75) is 31.6 Å². The van der Waals surface area contributed by atoms with Crippen LogP contribution in [0.5, 0.6) is 5.75 Å². The fourth-order valence-corrected chi connectivity index (χ4v) is 4.01. The van der Waals surface area contributed by atoms with Gasteiger partial charge in [-0.05, 0) is 38.0 Å². The molecule has 1 unspecified atom stereocenters. The number of hydrogen-bond acceptors (Lipinski definition) is 5. The van der Waals surface area contributed by atoms with Crippen LogP contribution < -0.4 is 10.5 Å². The molecule has 0 aliphatic carbocycles. The minimum Gasteiger partial charge on any atom is -0.494 e. The Bertz CT molecular complexity index is 550. The van der Waals surface area contributed by atoms with Crippen LogP contribution in [0, 0.1) is 0 Å². The van der Waals surface area contributed by atoms with E-state index >= 15 is 0 Å². The molecule has 1 aromatic rings. The highest BCUT2D eigenvalue weighted by Gasteiger charge is 2.24. The number of nitrogen functional groups attached to an aromatic ring is 1. The summed E-state index contributed by atoms with van der Waals surface area (Å²) in [7, 11) is -3.24. The van der Waals surface area contributed by atoms with Crippen LogP contribution in [0.15, 0.2) is 18.2 Å². The number of benzene rings is 1. The smallest absolute Gasteiger partial charge is 0.157 e. The molecular weight excluding hydrogens is 278 g/mol. The van der Waals surface area contributed by atoms with Gasteiger partial charge in [0.05, 0.1) is 24.2 Å². The van der Waals surface area contributed by atoms with Crippen molar-refractivity contribution in [2.75, 3.05) is 24.7 Å². The maximum Gasteiger partial charge on any atom is 0.157 e. The largest absolute Gasteiger partial charge is 0.494 e. The lowest BCUT2D eigenvalue weighted by Gasteiger charge is -2.13. The molecule has 0 radical (unpaired) electrons. The minimum absolute atomic E-state index is 0.0623. The molecule has 0 spiro atoms. The lowest BCUT2D eigenvalue weighted by Crippen LogP contribution is -2.21. The summed E-state index contributed by atoms with van der Waals surface area (Å²) in [6.45, 7) is 3.01. The molecule has 20 heavy (non-hydrogen) atoms. The van der Waals surface area contributed by atoms with Crippen LogP contribution in [0.25, 0.3) is 0 Å². The first-order valence-corrected chi connectivity index (χ1v) is 8.65. The Morgan fingerprint density at radius 2 is 2.25 bits per heavy atom. The summed E-state index contributed by atoms with van der Waals surface area (Å²) in [5, 5.41) is 0. The molecule has 0 bridgehead atoms. The zero-order valence-electron chi connectivity index (χ0n) is 11.7. The monoisotopic (exact) mass is 299 g/mol. The van der Waals surface area contributed by atoms with Gasteiger partial charge in [-0.2, -0.15) is 0 Å². The van der Waals surface area contributed by atoms with Crippen molar-refractivity contribution in [1.29, 1.82) is 0 Å². The molecule has 1 aliphatic heterocycles. The summed E-state index contributed by atoms with van der Waals surface area (Å²) in [4.78, 5) is 0. The minimum atomic E-state index is -3.24. The molecule has 5 nitrogen and oxygen atoms in total. The highest BCUT2D eigenvalue weighted by atomic mass is 32.2. The van der Waals surface area contributed by atoms with Crippen LogP contribution in [-0.4, -0.2) is 33.5 Å². The molecular formula is C14H21NO4S. The van der Waals surface area contributed by atoms with E-state index in [2.05, 4.69) is 0 Å². The zero-order chi connectivity index (χ0) is 14.6. The second-order valence-corrected chi connectivity index (χ2v) is 7.10. The van der Waals surface area contributed by atoms with Gasteiger partial charge in [0.2, 0.25) is 0 Å². The van der Waals surface area contributed by atoms with Gasteiger partial charge in [-0.1, -0.05) is 0 Å². The van der Waals surface area contributed by atoms with E-state index < -0.39 is 9.84 Å². The molecule has 1 saturated heterocycles. The molecule has 1 aliphatic rings. The van der Waals surface area contributed by atoms with Gasteiger partial charge in [0.25, 0.3) is 0 Å². The number of hydrogen-bond donors (Lipinski definition) is 1. The Morgan fingerprint density at radius 3 is 2.90 bits per heavy atom. The summed E-state index contributed by atoms with van der Waals surface area (Å²) >= 11 is 0. The standard InChI is InChI=1S/C14H21NO4S/c1-2-18-14-6-5-12(15)8-11(14)9-20(16,17)10-13-4-3-7-19-13/h5-6,8,13H,2-4,7,9-10,15H2,1H3. The van der Waals surface area contributed by atoms with E-state index in [0.717, 1.165) is 12.8 Å². The highest BCUT2D eigenvalue weighted by Crippen LogP contribution is 2.25. The van der Waals surface area contributed by atoms with Gasteiger partial charge >= 0.3 is 0 Å². The Balaban J connectivity index is 2.12. The predicted octanol–water partition coefficient (Wildman–Crippen LogP) is 1.76. The molecule has 2 rings (SSSR count). The third-order valence-corrected chi connectivity index (χ3v) is 4.85. The Labute approximate surface area is 120 Å². The van der Waals surface area contributed by atoms with E-state index in [1.54, 1.807) is 18.2 Å². The van der Waals surface area contributed by atoms with E-state index in [4.69, 9.17) is 15.2 Å². The highest BCUT2D eigenvalue weighted by molar-refractivity contribution is 7.90. The van der Waals surface area contributed by atoms with E-state index in [1.807, 2.05) is 6.92 Å². The van der Waals surface area contributed by atoms with Crippen molar-refractivity contribution in [3.8, 4) is 5.75 Å². The normalized spacial score (nSPS) is 19.1. The van der Waals surface area contributed by atoms with Crippen molar-refractivity contribution in [3.05, 3.63) is 23.8 Å². The number of nitrogens with two attached hydrogens (primary N) is 1. The van der Waals surface area contributed by atoms with Crippen LogP contribution in [0.3, 0.4) is 0 Å². The maximum atomic E-state index is 12.2. The molecule has 0 amide bonds. The van der Waals surface area contributed by atoms with Gasteiger partial charge in [0.1, 0.15) is 5.75 Å². The second kappa shape index (κ2) is 6.45. The number of sulfone groups is 1. The van der Waals surface area contributed by atoms with Gasteiger partial charge in [-0.3, -0.25) is 0 Å². The first-order valence-electron chi connectivity index (χ1n) is 6.83. The third kappa shape index (κ3) is 4.11. The number of anilines is 1. The van der Waals surface area contributed by atoms with Crippen LogP contribution in [-0.2, 0) is 20.3 Å². The van der Waals surface area contributed by atoms with Gasteiger partial charge in [-0.25, -0.2) is 8.42 Å². The molecule has 0 aromatic heterocycles. The van der Waals surface area contributed by atoms with Gasteiger partial charge in [0.15, 0.2) is 9.84 Å². The van der Waals surface area contributed by atoms with Crippen LogP contribution in [0.2, 0.25) is 0 Å². The molecule has 1 atom stereocenters. The van der Waals surface area contributed by atoms with Crippen molar-refractivity contribution >= 4 is 15.5 Å². The van der Waals surface area contributed by atoms with Crippen molar-refractivity contribution in [2.24, 2.45) is 0 Å². The molecule has 0 saturated carbocycles. The maximum absolute atomic E-state index is 12.2. The van der Waals surface area contributed by atoms with Crippen LogP contribution in [0.1, 0.15) is 25.3 Å². The first kappa shape index (κ1) is 15.1. The van der Waals surface area contributed by atoms with Crippen LogP contribution in [0.4, 0.5) is 5.69 Å². The van der Waals surface area contributed by atoms with Gasteiger partial charge in [0, 0.05) is 17.9 Å². The lowest BCUT2D eigenvalue weighted by atomic mass is 10.2. The SMILES string of the molecule is CCOc1ccc(N)cc1CS(=O)(=O)CC1CCCO1. The lowest BCUT2D eigenvalue weighted by molar-refractivity contribution is 0.127. The summed E-state index contributed by atoms with van der Waals surface area (Å²) in [6, 6.07) is 5.09. The average Bonchev–Trinajstić information content (AvgIpc) is 2.84. The Morgan fingerprint density at radius 1 is 1.45 bits per heavy atom. The molecule has 2 N–H and O–H groups in total. The predicted molar refractivity (Wildman–Crippen MR) is 78.5 cm³/mol. The number of ether oxygens (including phenoxy) is 2. The van der Waals surface area contributed by atoms with E-state index in [1.165, 1.54) is 0 Å². The van der Waals surface area contributed by atoms with Gasteiger partial charge < -0.3 is 15.2 Å². The first-order chi connectivity index (χ1) is 9.50. The number of rotatable bonds is 6. The zero-order valence-corrected chi connectivity index (χ0v) is 12.5. The topological polar surface area (TPSA) is 78.6 Å². The molecule has 1 fully saturated rings. The summed E-state index contributed by atoms with van der Waals surface area (Å²) in [5.74, 6) is 0.582. The molecule has 1 heterocycles. The van der Waals surface area contributed by atoms with Gasteiger partial charge in [-0.15, -0.1) is 0 Å². The quantitative estimate of drug-likeness (QED) is 0.810. The fourth-order valence-electron chi connectivity index (χ4n) is 2.36. The van der Waals surface area contributed by atoms with Crippen molar-refractivity contribution < 1.29 is 17.9 Å². The molecule has 1 aromatic carbocycles. The molecule has 112 valence electrons.